The highest BCUT2D eigenvalue weighted by Crippen LogP contribution is 2.25. The molecule has 21 heavy (non-hydrogen) atoms. The Morgan fingerprint density at radius 3 is 2.62 bits per heavy atom. The summed E-state index contributed by atoms with van der Waals surface area (Å²) in [6.45, 7) is 4.23. The van der Waals surface area contributed by atoms with Gasteiger partial charge in [-0.1, -0.05) is 11.6 Å². The molecule has 0 saturated heterocycles. The molecule has 0 saturated carbocycles. The highest BCUT2D eigenvalue weighted by Gasteiger charge is 2.21. The first-order valence-electron chi connectivity index (χ1n) is 6.03. The molecule has 2 rings (SSSR count). The topological polar surface area (TPSA) is 72.2 Å². The highest BCUT2D eigenvalue weighted by molar-refractivity contribution is 6.29. The number of halogens is 2. The molecule has 0 aliphatic carbocycles. The predicted molar refractivity (Wildman–Crippen MR) is 75.9 cm³/mol. The maximum Gasteiger partial charge on any atom is 0.270 e. The highest BCUT2D eigenvalue weighted by atomic mass is 35.5. The summed E-state index contributed by atoms with van der Waals surface area (Å²) in [6.07, 6.45) is 1.33. The van der Waals surface area contributed by atoms with E-state index in [9.17, 15) is 19.1 Å². The SMILES string of the molecule is CC(=O)c1c(O)cc(C)n(-c2c(C)cnc(Cl)c2F)c1=O. The van der Waals surface area contributed by atoms with Crippen molar-refractivity contribution in [2.75, 3.05) is 0 Å². The Balaban J connectivity index is 2.96. The molecular formula is C14H12ClFN2O3. The Labute approximate surface area is 124 Å². The number of nitrogens with zero attached hydrogens (tertiary/aromatic N) is 2. The first kappa shape index (κ1) is 15.2. The fraction of sp³-hybridized carbons (Fsp3) is 0.214. The average molecular weight is 311 g/mol. The second kappa shape index (κ2) is 5.29. The van der Waals surface area contributed by atoms with E-state index in [1.165, 1.54) is 19.2 Å². The minimum atomic E-state index is -0.859. The summed E-state index contributed by atoms with van der Waals surface area (Å²) >= 11 is 5.66. The number of pyridine rings is 2. The van der Waals surface area contributed by atoms with E-state index in [-0.39, 0.29) is 16.5 Å². The van der Waals surface area contributed by atoms with Crippen molar-refractivity contribution in [1.82, 2.24) is 9.55 Å². The molecule has 0 atom stereocenters. The van der Waals surface area contributed by atoms with Gasteiger partial charge in [-0.25, -0.2) is 9.37 Å². The molecular weight excluding hydrogens is 299 g/mol. The molecule has 0 aliphatic heterocycles. The molecule has 110 valence electrons. The van der Waals surface area contributed by atoms with E-state index in [0.717, 1.165) is 11.5 Å². The Bertz CT molecular complexity index is 815. The summed E-state index contributed by atoms with van der Waals surface area (Å²) in [4.78, 5) is 27.6. The zero-order valence-corrected chi connectivity index (χ0v) is 12.3. The van der Waals surface area contributed by atoms with Crippen molar-refractivity contribution in [3.63, 3.8) is 0 Å². The molecule has 2 aromatic heterocycles. The Kier molecular flexibility index (Phi) is 3.82. The zero-order chi connectivity index (χ0) is 15.9. The lowest BCUT2D eigenvalue weighted by molar-refractivity contribution is 0.101. The molecule has 0 unspecified atom stereocenters. The van der Waals surface area contributed by atoms with Crippen molar-refractivity contribution >= 4 is 17.4 Å². The molecule has 0 fully saturated rings. The van der Waals surface area contributed by atoms with Crippen LogP contribution in [0.15, 0.2) is 17.1 Å². The number of aromatic nitrogens is 2. The largest absolute Gasteiger partial charge is 0.507 e. The van der Waals surface area contributed by atoms with Gasteiger partial charge in [-0.15, -0.1) is 0 Å². The van der Waals surface area contributed by atoms with Gasteiger partial charge in [-0.2, -0.15) is 0 Å². The van der Waals surface area contributed by atoms with Gasteiger partial charge in [0, 0.05) is 18.0 Å². The molecule has 7 heteroatoms. The van der Waals surface area contributed by atoms with Gasteiger partial charge in [-0.3, -0.25) is 14.2 Å². The number of rotatable bonds is 2. The fourth-order valence-corrected chi connectivity index (χ4v) is 2.28. The molecule has 0 bridgehead atoms. The molecule has 0 radical (unpaired) electrons. The van der Waals surface area contributed by atoms with Crippen molar-refractivity contribution in [3.05, 3.63) is 50.4 Å². The lowest BCUT2D eigenvalue weighted by Gasteiger charge is -2.15. The van der Waals surface area contributed by atoms with E-state index in [1.807, 2.05) is 0 Å². The van der Waals surface area contributed by atoms with Crippen LogP contribution in [0.4, 0.5) is 4.39 Å². The van der Waals surface area contributed by atoms with E-state index in [1.54, 1.807) is 6.92 Å². The van der Waals surface area contributed by atoms with Crippen LogP contribution in [0.1, 0.15) is 28.5 Å². The van der Waals surface area contributed by atoms with Crippen molar-refractivity contribution in [3.8, 4) is 11.4 Å². The van der Waals surface area contributed by atoms with Crippen LogP contribution in [0.2, 0.25) is 5.15 Å². The van der Waals surface area contributed by atoms with E-state index in [0.29, 0.717) is 5.56 Å². The van der Waals surface area contributed by atoms with Gasteiger partial charge in [0.1, 0.15) is 11.3 Å². The Hall–Kier alpha value is -2.21. The van der Waals surface area contributed by atoms with Gasteiger partial charge < -0.3 is 5.11 Å². The number of Topliss-reactive ketones (excluding diaryl/α,β-unsaturated/α-hetero) is 1. The molecule has 0 spiro atoms. The van der Waals surface area contributed by atoms with E-state index < -0.39 is 28.5 Å². The third-order valence-corrected chi connectivity index (χ3v) is 3.34. The number of hydrogen-bond donors (Lipinski definition) is 1. The third-order valence-electron chi connectivity index (χ3n) is 3.08. The van der Waals surface area contributed by atoms with E-state index in [2.05, 4.69) is 4.98 Å². The van der Waals surface area contributed by atoms with Crippen molar-refractivity contribution in [2.24, 2.45) is 0 Å². The average Bonchev–Trinajstić information content (AvgIpc) is 2.37. The van der Waals surface area contributed by atoms with Crippen molar-refractivity contribution in [2.45, 2.75) is 20.8 Å². The first-order chi connectivity index (χ1) is 9.75. The standard InChI is InChI=1S/C14H12ClFN2O3/c1-6-5-17-13(15)11(16)12(6)18-7(2)4-9(20)10(8(3)19)14(18)21/h4-5,20H,1-3H3. The van der Waals surface area contributed by atoms with Crippen molar-refractivity contribution in [1.29, 1.82) is 0 Å². The number of aromatic hydroxyl groups is 1. The van der Waals surface area contributed by atoms with Crippen LogP contribution < -0.4 is 5.56 Å². The molecule has 0 aromatic carbocycles. The van der Waals surface area contributed by atoms with Gasteiger partial charge in [0.05, 0.1) is 5.69 Å². The number of aryl methyl sites for hydroxylation is 2. The number of carbonyl (C=O) groups is 1. The summed E-state index contributed by atoms with van der Waals surface area (Å²) < 4.78 is 15.2. The summed E-state index contributed by atoms with van der Waals surface area (Å²) in [5.41, 5.74) is -0.634. The Morgan fingerprint density at radius 2 is 2.05 bits per heavy atom. The molecule has 0 amide bonds. The van der Waals surface area contributed by atoms with Gasteiger partial charge >= 0.3 is 0 Å². The minimum Gasteiger partial charge on any atom is -0.507 e. The second-order valence-corrected chi connectivity index (χ2v) is 5.00. The minimum absolute atomic E-state index is 0.0833. The van der Waals surface area contributed by atoms with Crippen LogP contribution >= 0.6 is 11.6 Å². The van der Waals surface area contributed by atoms with Gasteiger partial charge in [0.15, 0.2) is 16.8 Å². The monoisotopic (exact) mass is 310 g/mol. The Morgan fingerprint density at radius 1 is 1.43 bits per heavy atom. The predicted octanol–water partition coefficient (Wildman–Crippen LogP) is 2.55. The van der Waals surface area contributed by atoms with Gasteiger partial charge in [0.25, 0.3) is 5.56 Å². The third kappa shape index (κ3) is 2.42. The number of hydrogen-bond acceptors (Lipinski definition) is 4. The lowest BCUT2D eigenvalue weighted by Crippen LogP contribution is -2.27. The van der Waals surface area contributed by atoms with Crippen LogP contribution in [0.5, 0.6) is 5.75 Å². The lowest BCUT2D eigenvalue weighted by atomic mass is 10.1. The summed E-state index contributed by atoms with van der Waals surface area (Å²) in [5.74, 6) is -1.90. The van der Waals surface area contributed by atoms with Crippen LogP contribution in [-0.2, 0) is 0 Å². The zero-order valence-electron chi connectivity index (χ0n) is 11.6. The molecule has 2 heterocycles. The van der Waals surface area contributed by atoms with Crippen LogP contribution in [0.3, 0.4) is 0 Å². The fourth-order valence-electron chi connectivity index (χ4n) is 2.14. The quantitative estimate of drug-likeness (QED) is 0.683. The van der Waals surface area contributed by atoms with Gasteiger partial charge in [-0.05, 0) is 26.3 Å². The maximum atomic E-state index is 14.2. The van der Waals surface area contributed by atoms with Crippen molar-refractivity contribution < 1.29 is 14.3 Å². The normalized spacial score (nSPS) is 10.7. The van der Waals surface area contributed by atoms with E-state index in [4.69, 9.17) is 11.6 Å². The molecule has 2 aromatic rings. The summed E-state index contributed by atoms with van der Waals surface area (Å²) in [7, 11) is 0. The number of ketones is 1. The molecule has 5 nitrogen and oxygen atoms in total. The summed E-state index contributed by atoms with van der Waals surface area (Å²) in [6, 6.07) is 1.23. The van der Waals surface area contributed by atoms with Crippen LogP contribution in [-0.4, -0.2) is 20.4 Å². The second-order valence-electron chi connectivity index (χ2n) is 4.64. The number of carbonyl (C=O) groups excluding carboxylic acids is 1. The first-order valence-corrected chi connectivity index (χ1v) is 6.41. The molecule has 1 N–H and O–H groups in total. The van der Waals surface area contributed by atoms with Crippen LogP contribution in [0, 0.1) is 19.7 Å². The summed E-state index contributed by atoms with van der Waals surface area (Å²) in [5, 5.41) is 9.37. The van der Waals surface area contributed by atoms with Crippen LogP contribution in [0.25, 0.3) is 5.69 Å². The van der Waals surface area contributed by atoms with Gasteiger partial charge in [0.2, 0.25) is 0 Å². The maximum absolute atomic E-state index is 14.2. The molecule has 0 aliphatic rings. The van der Waals surface area contributed by atoms with E-state index >= 15 is 0 Å². The smallest absolute Gasteiger partial charge is 0.270 e.